The van der Waals surface area contributed by atoms with Crippen molar-refractivity contribution in [2.24, 2.45) is 11.8 Å². The Morgan fingerprint density at radius 2 is 2.25 bits per heavy atom. The Kier molecular flexibility index (Phi) is 3.93. The molecule has 0 amide bonds. The molecule has 4 nitrogen and oxygen atoms in total. The van der Waals surface area contributed by atoms with Crippen LogP contribution in [0.1, 0.15) is 33.1 Å². The molecule has 16 heavy (non-hydrogen) atoms. The van der Waals surface area contributed by atoms with Crippen molar-refractivity contribution in [1.82, 2.24) is 20.3 Å². The maximum Gasteiger partial charge on any atom is 0.0692 e. The largest absolute Gasteiger partial charge is 0.312 e. The van der Waals surface area contributed by atoms with Crippen LogP contribution in [0, 0.1) is 11.8 Å². The molecule has 0 aliphatic heterocycles. The van der Waals surface area contributed by atoms with Gasteiger partial charge >= 0.3 is 0 Å². The third kappa shape index (κ3) is 3.04. The molecular weight excluding hydrogens is 200 g/mol. The molecule has 3 atom stereocenters. The Labute approximate surface area is 97.4 Å². The van der Waals surface area contributed by atoms with E-state index in [0.717, 1.165) is 24.9 Å². The first-order chi connectivity index (χ1) is 7.75. The van der Waals surface area contributed by atoms with Crippen molar-refractivity contribution < 1.29 is 0 Å². The third-order valence-corrected chi connectivity index (χ3v) is 3.68. The lowest BCUT2D eigenvalue weighted by molar-refractivity contribution is 0.226. The minimum absolute atomic E-state index is 0.687. The summed E-state index contributed by atoms with van der Waals surface area (Å²) in [5, 5.41) is 11.4. The SMILES string of the molecule is CC1CCC(C)C(NCCn2ccnn2)C1. The molecule has 2 rings (SSSR count). The van der Waals surface area contributed by atoms with Crippen LogP contribution in [0.15, 0.2) is 12.4 Å². The molecule has 1 N–H and O–H groups in total. The van der Waals surface area contributed by atoms with Gasteiger partial charge in [-0.3, -0.25) is 4.68 Å². The van der Waals surface area contributed by atoms with Gasteiger partial charge in [-0.25, -0.2) is 0 Å². The quantitative estimate of drug-likeness (QED) is 0.843. The van der Waals surface area contributed by atoms with E-state index in [9.17, 15) is 0 Å². The van der Waals surface area contributed by atoms with Crippen LogP contribution < -0.4 is 5.32 Å². The van der Waals surface area contributed by atoms with Crippen molar-refractivity contribution in [3.63, 3.8) is 0 Å². The minimum Gasteiger partial charge on any atom is -0.312 e. The molecule has 1 fully saturated rings. The topological polar surface area (TPSA) is 42.7 Å². The highest BCUT2D eigenvalue weighted by Gasteiger charge is 2.24. The zero-order chi connectivity index (χ0) is 11.4. The Morgan fingerprint density at radius 3 is 3.00 bits per heavy atom. The summed E-state index contributed by atoms with van der Waals surface area (Å²) in [6.45, 7) is 6.62. The van der Waals surface area contributed by atoms with Crippen molar-refractivity contribution in [3.8, 4) is 0 Å². The van der Waals surface area contributed by atoms with Crippen molar-refractivity contribution in [3.05, 3.63) is 12.4 Å². The lowest BCUT2D eigenvalue weighted by atomic mass is 9.80. The Morgan fingerprint density at radius 1 is 1.38 bits per heavy atom. The minimum atomic E-state index is 0.687. The van der Waals surface area contributed by atoms with Crippen LogP contribution in [0.2, 0.25) is 0 Å². The molecular formula is C12H22N4. The molecule has 0 aromatic carbocycles. The van der Waals surface area contributed by atoms with E-state index in [1.165, 1.54) is 19.3 Å². The first-order valence-electron chi connectivity index (χ1n) is 6.33. The predicted molar refractivity (Wildman–Crippen MR) is 64.0 cm³/mol. The second kappa shape index (κ2) is 5.43. The van der Waals surface area contributed by atoms with Crippen LogP contribution in [0.25, 0.3) is 0 Å². The Hall–Kier alpha value is -0.900. The smallest absolute Gasteiger partial charge is 0.0692 e. The maximum absolute atomic E-state index is 3.96. The van der Waals surface area contributed by atoms with Crippen LogP contribution in [-0.2, 0) is 6.54 Å². The molecule has 4 heteroatoms. The molecule has 1 aromatic rings. The van der Waals surface area contributed by atoms with Crippen LogP contribution >= 0.6 is 0 Å². The third-order valence-electron chi connectivity index (χ3n) is 3.68. The second-order valence-corrected chi connectivity index (χ2v) is 5.12. The number of hydrogen-bond acceptors (Lipinski definition) is 3. The number of hydrogen-bond donors (Lipinski definition) is 1. The van der Waals surface area contributed by atoms with Gasteiger partial charge in [0.25, 0.3) is 0 Å². The van der Waals surface area contributed by atoms with Crippen molar-refractivity contribution in [2.75, 3.05) is 6.54 Å². The van der Waals surface area contributed by atoms with Gasteiger partial charge in [0.05, 0.1) is 12.7 Å². The fourth-order valence-electron chi connectivity index (χ4n) is 2.53. The molecule has 90 valence electrons. The summed E-state index contributed by atoms with van der Waals surface area (Å²) in [5.74, 6) is 1.69. The Bertz CT molecular complexity index is 296. The lowest BCUT2D eigenvalue weighted by Gasteiger charge is -2.33. The molecule has 0 radical (unpaired) electrons. The van der Waals surface area contributed by atoms with E-state index in [1.54, 1.807) is 6.20 Å². The van der Waals surface area contributed by atoms with E-state index in [1.807, 2.05) is 10.9 Å². The van der Waals surface area contributed by atoms with E-state index in [2.05, 4.69) is 29.5 Å². The summed E-state index contributed by atoms with van der Waals surface area (Å²) < 4.78 is 1.88. The summed E-state index contributed by atoms with van der Waals surface area (Å²) in [6.07, 6.45) is 7.71. The Balaban J connectivity index is 1.72. The van der Waals surface area contributed by atoms with Gasteiger partial charge in [0.1, 0.15) is 0 Å². The van der Waals surface area contributed by atoms with Gasteiger partial charge in [-0.1, -0.05) is 25.5 Å². The van der Waals surface area contributed by atoms with E-state index in [4.69, 9.17) is 0 Å². The van der Waals surface area contributed by atoms with Crippen LogP contribution in [0.3, 0.4) is 0 Å². The summed E-state index contributed by atoms with van der Waals surface area (Å²) in [4.78, 5) is 0. The van der Waals surface area contributed by atoms with Crippen molar-refractivity contribution >= 4 is 0 Å². The highest BCUT2D eigenvalue weighted by Crippen LogP contribution is 2.28. The summed E-state index contributed by atoms with van der Waals surface area (Å²) in [7, 11) is 0. The molecule has 1 aromatic heterocycles. The normalized spacial score (nSPS) is 30.5. The number of rotatable bonds is 4. The monoisotopic (exact) mass is 222 g/mol. The number of nitrogens with one attached hydrogen (secondary N) is 1. The number of aromatic nitrogens is 3. The molecule has 1 aliphatic rings. The zero-order valence-corrected chi connectivity index (χ0v) is 10.3. The lowest BCUT2D eigenvalue weighted by Crippen LogP contribution is -2.40. The molecule has 1 heterocycles. The van der Waals surface area contributed by atoms with Gasteiger partial charge in [-0.05, 0) is 24.7 Å². The van der Waals surface area contributed by atoms with Gasteiger partial charge in [-0.15, -0.1) is 5.10 Å². The molecule has 3 unspecified atom stereocenters. The van der Waals surface area contributed by atoms with E-state index in [-0.39, 0.29) is 0 Å². The van der Waals surface area contributed by atoms with Crippen LogP contribution in [0.5, 0.6) is 0 Å². The predicted octanol–water partition coefficient (Wildman–Crippen LogP) is 1.69. The molecule has 1 aliphatic carbocycles. The fraction of sp³-hybridized carbons (Fsp3) is 0.833. The first kappa shape index (κ1) is 11.6. The van der Waals surface area contributed by atoms with Gasteiger partial charge in [-0.2, -0.15) is 0 Å². The van der Waals surface area contributed by atoms with E-state index in [0.29, 0.717) is 6.04 Å². The van der Waals surface area contributed by atoms with Gasteiger partial charge in [0.2, 0.25) is 0 Å². The van der Waals surface area contributed by atoms with Crippen molar-refractivity contribution in [2.45, 2.75) is 45.7 Å². The first-order valence-corrected chi connectivity index (χ1v) is 6.33. The second-order valence-electron chi connectivity index (χ2n) is 5.12. The van der Waals surface area contributed by atoms with Gasteiger partial charge in [0, 0.05) is 18.8 Å². The van der Waals surface area contributed by atoms with Gasteiger partial charge in [0.15, 0.2) is 0 Å². The van der Waals surface area contributed by atoms with E-state index >= 15 is 0 Å². The van der Waals surface area contributed by atoms with Crippen LogP contribution in [0.4, 0.5) is 0 Å². The standard InChI is InChI=1S/C12H22N4/c1-10-3-4-11(2)12(9-10)13-5-7-16-8-6-14-15-16/h6,8,10-13H,3-5,7,9H2,1-2H3. The van der Waals surface area contributed by atoms with Crippen LogP contribution in [-0.4, -0.2) is 27.6 Å². The van der Waals surface area contributed by atoms with Gasteiger partial charge < -0.3 is 5.32 Å². The molecule has 1 saturated carbocycles. The summed E-state index contributed by atoms with van der Waals surface area (Å²) in [5.41, 5.74) is 0. The highest BCUT2D eigenvalue weighted by atomic mass is 15.4. The molecule has 0 saturated heterocycles. The molecule has 0 spiro atoms. The maximum atomic E-state index is 3.96. The average molecular weight is 222 g/mol. The number of nitrogens with zero attached hydrogens (tertiary/aromatic N) is 3. The highest BCUT2D eigenvalue weighted by molar-refractivity contribution is 4.81. The molecule has 0 bridgehead atoms. The van der Waals surface area contributed by atoms with Crippen molar-refractivity contribution in [1.29, 1.82) is 0 Å². The fourth-order valence-corrected chi connectivity index (χ4v) is 2.53. The summed E-state index contributed by atoms with van der Waals surface area (Å²) in [6, 6.07) is 0.687. The average Bonchev–Trinajstić information content (AvgIpc) is 2.76. The zero-order valence-electron chi connectivity index (χ0n) is 10.3. The summed E-state index contributed by atoms with van der Waals surface area (Å²) >= 11 is 0. The van der Waals surface area contributed by atoms with E-state index < -0.39 is 0 Å².